The normalized spacial score (nSPS) is 31.2. The number of piperidine rings is 1. The number of H-pyrrole nitrogens is 1. The summed E-state index contributed by atoms with van der Waals surface area (Å²) in [6, 6.07) is 6.60. The number of nitrogens with one attached hydrogen (secondary N) is 5. The van der Waals surface area contributed by atoms with Crippen LogP contribution in [0.2, 0.25) is 0 Å². The number of fused-ring (bicyclic) bond motifs is 6. The molecule has 2 aromatic carbocycles. The standard InChI is InChI=1S/C57H78N8O17S2/c1-7-53(78)24-31-25-56(51(76)81-6,44-33(14-18-64(26-31)29-53)32-12-9-10-13-36(32)59-44)35-22-34-38(23-40(35)80-5)63(4)48-55(34)16-19-65-17-11-15-54(8-2,47(55)65)49(74)57(48,79)50(75)61-62-52(77)82-20-21-83-84-28-37(46(72)73)60-45(71)41(58-30(3)67)43(70)42(69)39(68)27-66/h9-13,15,22-23,31,37,39,41-43,47-49,59,66,68-70,74,78-79H,7-8,14,16-21,24-29H2,1-6H3,(H,58,67)(H,60,71)(H,61,75)(H,62,77)(H,72,73)/t31-,37+,39-,41+,42-,43-,47+,48-,49-,53+,54-,55-,56+,57+/m1/s1. The molecule has 6 heterocycles. The van der Waals surface area contributed by atoms with Crippen LogP contribution in [0.25, 0.3) is 10.9 Å². The van der Waals surface area contributed by atoms with E-state index in [0.717, 1.165) is 50.5 Å². The van der Waals surface area contributed by atoms with Crippen LogP contribution in [0, 0.1) is 11.3 Å². The molecule has 1 saturated carbocycles. The number of amides is 4. The van der Waals surface area contributed by atoms with Gasteiger partial charge >= 0.3 is 18.0 Å². The van der Waals surface area contributed by atoms with E-state index in [1.54, 1.807) is 11.9 Å². The SMILES string of the molecule is CC[C@]1(O)C[C@H]2CN(CCc3c([nH]c4ccccc34)[C@@](C(=O)OC)(c3cc4c(cc3OC)N(C)[C@H]3[C@@](O)(C(=O)NNC(=O)OCCSSC[C@H](NC(=O)[C@@H](NC(C)=O)[C@@H](O)[C@H](O)[C@H](O)CO)C(=O)O)[C@H](O)[C@]5(CC)C=CCN6CC[C@]43[C@@H]65)C2)C1. The van der Waals surface area contributed by atoms with Crippen molar-refractivity contribution in [3.05, 3.63) is 70.9 Å². The van der Waals surface area contributed by atoms with E-state index < -0.39 is 118 Å². The molecular weight excluding hydrogens is 1130 g/mol. The third-order valence-electron chi connectivity index (χ3n) is 18.7. The zero-order chi connectivity index (χ0) is 60.8. The van der Waals surface area contributed by atoms with Gasteiger partial charge in [0.15, 0.2) is 5.60 Å². The molecule has 460 valence electrons. The third-order valence-corrected chi connectivity index (χ3v) is 21.1. The first-order chi connectivity index (χ1) is 40.0. The number of aromatic nitrogens is 1. The number of likely N-dealkylation sites (N-methyl/N-ethyl adjacent to an activating group) is 1. The average Bonchev–Trinajstić information content (AvgIpc) is 1.47. The van der Waals surface area contributed by atoms with Crippen LogP contribution in [-0.2, 0) is 50.7 Å². The molecule has 3 fully saturated rings. The van der Waals surface area contributed by atoms with Crippen molar-refractivity contribution in [1.82, 2.24) is 36.3 Å². The van der Waals surface area contributed by atoms with Crippen molar-refractivity contribution in [2.24, 2.45) is 11.3 Å². The number of esters is 1. The number of anilines is 1. The molecule has 25 nitrogen and oxygen atoms in total. The summed E-state index contributed by atoms with van der Waals surface area (Å²) in [5, 5.41) is 93.2. The van der Waals surface area contributed by atoms with Crippen LogP contribution < -0.4 is 31.1 Å². The van der Waals surface area contributed by atoms with Crippen molar-refractivity contribution in [3.63, 3.8) is 0 Å². The Morgan fingerprint density at radius 3 is 2.36 bits per heavy atom. The molecule has 13 N–H and O–H groups in total. The van der Waals surface area contributed by atoms with Crippen LogP contribution in [0.1, 0.15) is 75.3 Å². The van der Waals surface area contributed by atoms with Crippen LogP contribution in [0.3, 0.4) is 0 Å². The second-order valence-corrected chi connectivity index (χ2v) is 25.9. The van der Waals surface area contributed by atoms with Crippen molar-refractivity contribution in [3.8, 4) is 5.75 Å². The van der Waals surface area contributed by atoms with Gasteiger partial charge in [-0.3, -0.25) is 34.4 Å². The second kappa shape index (κ2) is 24.6. The number of benzene rings is 2. The number of hydrazine groups is 1. The maximum atomic E-state index is 15.5. The molecule has 2 saturated heterocycles. The minimum absolute atomic E-state index is 0.0642. The van der Waals surface area contributed by atoms with Crippen LogP contribution in [-0.4, -0.2) is 230 Å². The fourth-order valence-electron chi connectivity index (χ4n) is 15.1. The van der Waals surface area contributed by atoms with Gasteiger partial charge < -0.3 is 75.6 Å². The number of nitrogens with zero attached hydrogens (tertiary/aromatic N) is 3. The summed E-state index contributed by atoms with van der Waals surface area (Å²) in [6.45, 7) is 6.41. The third kappa shape index (κ3) is 10.6. The molecule has 1 aliphatic carbocycles. The number of aromatic amines is 1. The van der Waals surface area contributed by atoms with Gasteiger partial charge in [-0.15, -0.1) is 0 Å². The van der Waals surface area contributed by atoms with Crippen LogP contribution >= 0.6 is 21.6 Å². The van der Waals surface area contributed by atoms with Gasteiger partial charge in [-0.2, -0.15) is 0 Å². The van der Waals surface area contributed by atoms with E-state index in [2.05, 4.69) is 36.3 Å². The molecule has 27 heteroatoms. The van der Waals surface area contributed by atoms with Crippen molar-refractivity contribution in [2.45, 2.75) is 130 Å². The Bertz CT molecular complexity index is 3050. The lowest BCUT2D eigenvalue weighted by molar-refractivity contribution is -0.204. The Balaban J connectivity index is 0.985. The summed E-state index contributed by atoms with van der Waals surface area (Å²) in [6.07, 6.45) is -2.71. The van der Waals surface area contributed by atoms with E-state index >= 15 is 9.59 Å². The van der Waals surface area contributed by atoms with E-state index in [9.17, 15) is 60.0 Å². The Hall–Kier alpha value is -5.72. The highest BCUT2D eigenvalue weighted by atomic mass is 33.1. The highest BCUT2D eigenvalue weighted by molar-refractivity contribution is 8.76. The second-order valence-electron chi connectivity index (χ2n) is 23.3. The fraction of sp³-hybridized carbons (Fsp3) is 0.614. The van der Waals surface area contributed by atoms with E-state index in [1.165, 1.54) is 14.2 Å². The molecule has 1 spiro atoms. The summed E-state index contributed by atoms with van der Waals surface area (Å²) < 4.78 is 17.7. The molecule has 4 amide bonds. The van der Waals surface area contributed by atoms with Gasteiger partial charge in [0.05, 0.1) is 32.5 Å². The lowest BCUT2D eigenvalue weighted by Crippen LogP contribution is -2.82. The topological polar surface area (TPSA) is 366 Å². The van der Waals surface area contributed by atoms with Gasteiger partial charge in [0.25, 0.3) is 5.91 Å². The first kappa shape index (κ1) is 62.8. The lowest BCUT2D eigenvalue weighted by atomic mass is 9.47. The molecule has 1 unspecified atom stereocenters. The van der Waals surface area contributed by atoms with Gasteiger partial charge in [0.2, 0.25) is 11.8 Å². The number of carbonyl (C=O) groups is 6. The van der Waals surface area contributed by atoms with Crippen molar-refractivity contribution in [2.75, 3.05) is 83.6 Å². The number of rotatable bonds is 20. The summed E-state index contributed by atoms with van der Waals surface area (Å²) in [5.41, 5.74) is 1.26. The first-order valence-electron chi connectivity index (χ1n) is 28.3. The summed E-state index contributed by atoms with van der Waals surface area (Å²) >= 11 is 0. The van der Waals surface area contributed by atoms with Crippen LogP contribution in [0.5, 0.6) is 5.75 Å². The summed E-state index contributed by atoms with van der Waals surface area (Å²) in [7, 11) is 6.65. The molecule has 15 atom stereocenters. The number of hydrogen-bond acceptors (Lipinski definition) is 21. The summed E-state index contributed by atoms with van der Waals surface area (Å²) in [5.74, 6) is -5.23. The molecule has 2 bridgehead atoms. The number of aliphatic hydroxyl groups excluding tert-OH is 5. The van der Waals surface area contributed by atoms with E-state index in [1.807, 2.05) is 62.4 Å². The number of carboxylic acid groups (broad SMARTS) is 1. The number of aliphatic hydroxyl groups is 7. The number of carbonyl (C=O) groups excluding carboxylic acids is 5. The molecule has 5 aliphatic heterocycles. The molecule has 84 heavy (non-hydrogen) atoms. The number of ether oxygens (including phenoxy) is 3. The molecular formula is C57H78N8O17S2. The summed E-state index contributed by atoms with van der Waals surface area (Å²) in [4.78, 5) is 90.9. The van der Waals surface area contributed by atoms with Crippen LogP contribution in [0.4, 0.5) is 10.5 Å². The zero-order valence-electron chi connectivity index (χ0n) is 47.8. The molecule has 9 rings (SSSR count). The fourth-order valence-corrected chi connectivity index (χ4v) is 17.1. The molecule has 1 aromatic heterocycles. The van der Waals surface area contributed by atoms with Gasteiger partial charge in [0, 0.05) is 102 Å². The Morgan fingerprint density at radius 2 is 1.68 bits per heavy atom. The first-order valence-corrected chi connectivity index (χ1v) is 30.8. The Kier molecular flexibility index (Phi) is 18.4. The predicted molar refractivity (Wildman–Crippen MR) is 309 cm³/mol. The van der Waals surface area contributed by atoms with Crippen molar-refractivity contribution >= 4 is 73.9 Å². The molecule has 0 radical (unpaired) electrons. The van der Waals surface area contributed by atoms with Gasteiger partial charge in [0.1, 0.15) is 54.3 Å². The average molecular weight is 1210 g/mol. The maximum absolute atomic E-state index is 15.5. The maximum Gasteiger partial charge on any atom is 0.426 e. The molecule has 6 aliphatic rings. The largest absolute Gasteiger partial charge is 0.496 e. The highest BCUT2D eigenvalue weighted by Gasteiger charge is 2.79. The van der Waals surface area contributed by atoms with Crippen molar-refractivity contribution in [1.29, 1.82) is 0 Å². The Labute approximate surface area is 493 Å². The zero-order valence-corrected chi connectivity index (χ0v) is 49.5. The van der Waals surface area contributed by atoms with Gasteiger partial charge in [-0.25, -0.2) is 15.0 Å². The lowest BCUT2D eigenvalue weighted by Gasteiger charge is -2.63. The van der Waals surface area contributed by atoms with Crippen LogP contribution in [0.15, 0.2) is 48.6 Å². The smallest absolute Gasteiger partial charge is 0.426 e. The van der Waals surface area contributed by atoms with Crippen molar-refractivity contribution < 1.29 is 83.8 Å². The predicted octanol–water partition coefficient (Wildman–Crippen LogP) is -0.465. The number of aliphatic carboxylic acids is 1. The number of carboxylic acids is 1. The minimum Gasteiger partial charge on any atom is -0.496 e. The van der Waals surface area contributed by atoms with Gasteiger partial charge in [-0.1, -0.05) is 65.8 Å². The Morgan fingerprint density at radius 1 is 0.929 bits per heavy atom. The highest BCUT2D eigenvalue weighted by Crippen LogP contribution is 2.67. The number of hydrogen-bond donors (Lipinski definition) is 13. The van der Waals surface area contributed by atoms with E-state index in [0.29, 0.717) is 81.1 Å². The monoisotopic (exact) mass is 1210 g/mol. The number of para-hydroxylation sites is 1. The minimum atomic E-state index is -2.65. The quantitative estimate of drug-likeness (QED) is 0.0224. The molecule has 3 aromatic rings. The van der Waals surface area contributed by atoms with E-state index in [-0.39, 0.29) is 36.9 Å². The van der Waals surface area contributed by atoms with E-state index in [4.69, 9.17) is 14.2 Å². The van der Waals surface area contributed by atoms with Gasteiger partial charge in [-0.05, 0) is 74.2 Å². The number of methoxy groups -OCH3 is 2.